The Morgan fingerprint density at radius 2 is 1.84 bits per heavy atom. The molecule has 7 nitrogen and oxygen atoms in total. The van der Waals surface area contributed by atoms with Gasteiger partial charge in [-0.15, -0.1) is 0 Å². The molecule has 0 fully saturated rings. The molecule has 7 heteroatoms. The minimum atomic E-state index is -1.15. The van der Waals surface area contributed by atoms with Crippen LogP contribution in [0.25, 0.3) is 16.8 Å². The lowest BCUT2D eigenvalue weighted by Crippen LogP contribution is -2.10. The molecule has 2 aromatic carbocycles. The monoisotopic (exact) mass is 335 g/mol. The normalized spacial score (nSPS) is 11.3. The van der Waals surface area contributed by atoms with Crippen molar-refractivity contribution in [2.75, 3.05) is 5.32 Å². The van der Waals surface area contributed by atoms with Gasteiger partial charge >= 0.3 is 11.8 Å². The van der Waals surface area contributed by atoms with Crippen LogP contribution in [0.5, 0.6) is 0 Å². The van der Waals surface area contributed by atoms with Crippen molar-refractivity contribution in [1.82, 2.24) is 4.98 Å². The molecule has 1 heterocycles. The maximum Gasteiger partial charge on any atom is 0.336 e. The molecular formula is C18H13N3O4. The lowest BCUT2D eigenvalue weighted by molar-refractivity contribution is -0.420. The Balaban J connectivity index is 2.06. The van der Waals surface area contributed by atoms with Gasteiger partial charge in [-0.25, -0.2) is 10.1 Å². The van der Waals surface area contributed by atoms with Crippen LogP contribution in [0.2, 0.25) is 0 Å². The van der Waals surface area contributed by atoms with Gasteiger partial charge in [0.2, 0.25) is 0 Å². The van der Waals surface area contributed by atoms with E-state index >= 15 is 0 Å². The summed E-state index contributed by atoms with van der Waals surface area (Å²) >= 11 is 0. The molecule has 124 valence electrons. The number of carbonyl (C=O) groups is 1. The van der Waals surface area contributed by atoms with Crippen LogP contribution in [0.3, 0.4) is 0 Å². The average molecular weight is 335 g/mol. The second-order valence-electron chi connectivity index (χ2n) is 5.21. The predicted molar refractivity (Wildman–Crippen MR) is 93.7 cm³/mol. The highest BCUT2D eigenvalue weighted by atomic mass is 16.6. The number of fused-ring (bicyclic) bond motifs is 1. The molecule has 0 radical (unpaired) electrons. The molecule has 25 heavy (non-hydrogen) atoms. The van der Waals surface area contributed by atoms with Crippen molar-refractivity contribution in [2.45, 2.75) is 0 Å². The van der Waals surface area contributed by atoms with E-state index in [0.717, 1.165) is 10.8 Å². The average Bonchev–Trinajstić information content (AvgIpc) is 2.61. The zero-order valence-corrected chi connectivity index (χ0v) is 12.9. The Labute approximate surface area is 142 Å². The number of nitrogens with zero attached hydrogens (tertiary/aromatic N) is 2. The second kappa shape index (κ2) is 6.79. The van der Waals surface area contributed by atoms with Crippen LogP contribution >= 0.6 is 0 Å². The molecular weight excluding hydrogens is 322 g/mol. The van der Waals surface area contributed by atoms with Crippen LogP contribution in [0.4, 0.5) is 5.69 Å². The summed E-state index contributed by atoms with van der Waals surface area (Å²) in [6.07, 6.45) is 4.35. The molecule has 0 atom stereocenters. The van der Waals surface area contributed by atoms with E-state index in [0.29, 0.717) is 5.69 Å². The number of pyridine rings is 1. The van der Waals surface area contributed by atoms with Crippen LogP contribution < -0.4 is 5.32 Å². The maximum absolute atomic E-state index is 11.4. The summed E-state index contributed by atoms with van der Waals surface area (Å²) in [5, 5.41) is 25.0. The van der Waals surface area contributed by atoms with Gasteiger partial charge in [-0.05, 0) is 16.6 Å². The number of hydrogen-bond acceptors (Lipinski definition) is 5. The minimum Gasteiger partial charge on any atom is -0.478 e. The summed E-state index contributed by atoms with van der Waals surface area (Å²) in [7, 11) is 0. The van der Waals surface area contributed by atoms with E-state index in [-0.39, 0.29) is 16.9 Å². The van der Waals surface area contributed by atoms with E-state index in [1.807, 2.05) is 24.3 Å². The van der Waals surface area contributed by atoms with E-state index in [2.05, 4.69) is 10.3 Å². The first-order valence-corrected chi connectivity index (χ1v) is 7.34. The zero-order chi connectivity index (χ0) is 17.8. The van der Waals surface area contributed by atoms with Crippen molar-refractivity contribution in [1.29, 1.82) is 0 Å². The quantitative estimate of drug-likeness (QED) is 0.545. The largest absolute Gasteiger partial charge is 0.478 e. The molecule has 2 N–H and O–H groups in total. The molecule has 0 unspecified atom stereocenters. The van der Waals surface area contributed by atoms with Gasteiger partial charge in [-0.2, -0.15) is 0 Å². The molecule has 0 aliphatic carbocycles. The third-order valence-corrected chi connectivity index (χ3v) is 3.61. The van der Waals surface area contributed by atoms with Crippen molar-refractivity contribution in [3.8, 4) is 0 Å². The summed E-state index contributed by atoms with van der Waals surface area (Å²) < 4.78 is 0. The maximum atomic E-state index is 11.4. The van der Waals surface area contributed by atoms with Crippen molar-refractivity contribution in [2.24, 2.45) is 0 Å². The fraction of sp³-hybridized carbons (Fsp3) is 0. The molecule has 0 amide bonds. The third kappa shape index (κ3) is 3.45. The van der Waals surface area contributed by atoms with Crippen LogP contribution in [0.15, 0.2) is 66.7 Å². The molecule has 1 aromatic heterocycles. The van der Waals surface area contributed by atoms with Crippen LogP contribution in [0, 0.1) is 10.1 Å². The number of aromatic carboxylic acids is 1. The standard InChI is InChI=1S/C18H13N3O4/c22-18(23)15-8-4-1-5-12(15)9-17(21(24)25)20-16-11-19-10-13-6-2-3-7-14(13)16/h1-11,20H,(H,22,23). The SMILES string of the molecule is O=C(O)c1ccccc1C=C(Nc1cncc2ccccc12)[N+](=O)[O-]. The van der Waals surface area contributed by atoms with E-state index in [4.69, 9.17) is 0 Å². The van der Waals surface area contributed by atoms with Crippen molar-refractivity contribution >= 4 is 28.5 Å². The fourth-order valence-electron chi connectivity index (χ4n) is 2.45. The number of carboxylic acids is 1. The van der Waals surface area contributed by atoms with Gasteiger partial charge in [0.05, 0.1) is 11.8 Å². The number of nitro groups is 1. The molecule has 0 saturated heterocycles. The van der Waals surface area contributed by atoms with E-state index < -0.39 is 10.9 Å². The van der Waals surface area contributed by atoms with Crippen molar-refractivity contribution < 1.29 is 14.8 Å². The summed E-state index contributed by atoms with van der Waals surface area (Å²) in [6.45, 7) is 0. The molecule has 0 spiro atoms. The Morgan fingerprint density at radius 3 is 2.60 bits per heavy atom. The fourth-order valence-corrected chi connectivity index (χ4v) is 2.45. The van der Waals surface area contributed by atoms with E-state index in [1.54, 1.807) is 18.3 Å². The Morgan fingerprint density at radius 1 is 1.12 bits per heavy atom. The molecule has 3 rings (SSSR count). The third-order valence-electron chi connectivity index (χ3n) is 3.61. The molecule has 0 bridgehead atoms. The van der Waals surface area contributed by atoms with E-state index in [9.17, 15) is 20.0 Å². The molecule has 0 aliphatic heterocycles. The smallest absolute Gasteiger partial charge is 0.336 e. The number of aromatic nitrogens is 1. The predicted octanol–water partition coefficient (Wildman–Crippen LogP) is 3.62. The van der Waals surface area contributed by atoms with Gasteiger partial charge in [-0.3, -0.25) is 4.98 Å². The highest BCUT2D eigenvalue weighted by Crippen LogP contribution is 2.24. The van der Waals surface area contributed by atoms with E-state index in [1.165, 1.54) is 24.4 Å². The van der Waals surface area contributed by atoms with Crippen molar-refractivity contribution in [3.05, 3.63) is 88.0 Å². The lowest BCUT2D eigenvalue weighted by atomic mass is 10.1. The van der Waals surface area contributed by atoms with Gasteiger partial charge in [-0.1, -0.05) is 42.5 Å². The molecule has 3 aromatic rings. The van der Waals surface area contributed by atoms with Gasteiger partial charge in [0, 0.05) is 23.0 Å². The number of nitrogens with one attached hydrogen (secondary N) is 1. The first-order valence-electron chi connectivity index (χ1n) is 7.34. The first-order chi connectivity index (χ1) is 12.1. The van der Waals surface area contributed by atoms with Crippen LogP contribution in [-0.4, -0.2) is 21.0 Å². The topological polar surface area (TPSA) is 105 Å². The van der Waals surface area contributed by atoms with Gasteiger partial charge in [0.15, 0.2) is 5.69 Å². The van der Waals surface area contributed by atoms with Crippen molar-refractivity contribution in [3.63, 3.8) is 0 Å². The number of carboxylic acid groups (broad SMARTS) is 1. The minimum absolute atomic E-state index is 0.0142. The molecule has 0 aliphatic rings. The number of hydrogen-bond donors (Lipinski definition) is 2. The summed E-state index contributed by atoms with van der Waals surface area (Å²) in [6, 6.07) is 13.4. The van der Waals surface area contributed by atoms with Gasteiger partial charge in [0.1, 0.15) is 0 Å². The van der Waals surface area contributed by atoms with Gasteiger partial charge < -0.3 is 15.2 Å². The summed E-state index contributed by atoms with van der Waals surface area (Å²) in [4.78, 5) is 26.2. The summed E-state index contributed by atoms with van der Waals surface area (Å²) in [5.41, 5.74) is 0.691. The van der Waals surface area contributed by atoms with Crippen LogP contribution in [-0.2, 0) is 0 Å². The first kappa shape index (κ1) is 16.1. The zero-order valence-electron chi connectivity index (χ0n) is 12.9. The number of anilines is 1. The summed E-state index contributed by atoms with van der Waals surface area (Å²) in [5.74, 6) is -1.49. The Hall–Kier alpha value is -3.74. The Bertz CT molecular complexity index is 993. The van der Waals surface area contributed by atoms with Gasteiger partial charge in [0.25, 0.3) is 0 Å². The lowest BCUT2D eigenvalue weighted by Gasteiger charge is -2.07. The highest BCUT2D eigenvalue weighted by Gasteiger charge is 2.16. The Kier molecular flexibility index (Phi) is 4.38. The molecule has 0 saturated carbocycles. The number of benzene rings is 2. The van der Waals surface area contributed by atoms with Crippen LogP contribution in [0.1, 0.15) is 15.9 Å². The highest BCUT2D eigenvalue weighted by molar-refractivity contribution is 5.94. The number of rotatable bonds is 5. The second-order valence-corrected chi connectivity index (χ2v) is 5.21.